The first-order valence-corrected chi connectivity index (χ1v) is 18.6. The second-order valence-electron chi connectivity index (χ2n) is 14.4. The van der Waals surface area contributed by atoms with E-state index in [1.54, 1.807) is 12.1 Å². The zero-order valence-corrected chi connectivity index (χ0v) is 30.0. The van der Waals surface area contributed by atoms with Crippen molar-refractivity contribution in [2.24, 2.45) is 5.92 Å². The third kappa shape index (κ3) is 6.24. The van der Waals surface area contributed by atoms with Crippen LogP contribution in [0.15, 0.2) is 30.5 Å². The number of benzene rings is 2. The molecule has 2 saturated heterocycles. The highest BCUT2D eigenvalue weighted by Crippen LogP contribution is 2.53. The molecular weight excluding hydrogens is 735 g/mol. The Balaban J connectivity index is 1.36. The lowest BCUT2D eigenvalue weighted by Crippen LogP contribution is -2.43. The van der Waals surface area contributed by atoms with E-state index in [1.165, 1.54) is 13.2 Å². The summed E-state index contributed by atoms with van der Waals surface area (Å²) < 4.78 is 98.8. The molecule has 3 fully saturated rings. The number of ether oxygens (including phenoxy) is 1. The van der Waals surface area contributed by atoms with Crippen LogP contribution >= 0.6 is 11.3 Å². The minimum Gasteiger partial charge on any atom is -0.506 e. The third-order valence-corrected chi connectivity index (χ3v) is 12.0. The number of hydrogen-bond acceptors (Lipinski definition) is 11. The summed E-state index contributed by atoms with van der Waals surface area (Å²) in [4.78, 5) is 14.9. The Morgan fingerprint density at radius 2 is 1.94 bits per heavy atom. The molecule has 0 bridgehead atoms. The van der Waals surface area contributed by atoms with Gasteiger partial charge in [0, 0.05) is 42.7 Å². The zero-order valence-electron chi connectivity index (χ0n) is 29.2. The number of halogens is 6. The van der Waals surface area contributed by atoms with Gasteiger partial charge in [-0.3, -0.25) is 4.90 Å². The summed E-state index contributed by atoms with van der Waals surface area (Å²) in [6.07, 6.45) is 0.0632. The van der Waals surface area contributed by atoms with Crippen LogP contribution in [-0.4, -0.2) is 63.4 Å². The Morgan fingerprint density at radius 1 is 1.15 bits per heavy atom. The van der Waals surface area contributed by atoms with Crippen molar-refractivity contribution in [2.75, 3.05) is 48.8 Å². The van der Waals surface area contributed by atoms with Crippen LogP contribution in [-0.2, 0) is 6.18 Å². The molecule has 54 heavy (non-hydrogen) atoms. The Kier molecular flexibility index (Phi) is 9.06. The van der Waals surface area contributed by atoms with Gasteiger partial charge in [0.1, 0.15) is 52.1 Å². The maximum absolute atomic E-state index is 17.3. The standard InChI is InChI=1S/C37H38F6N8O2S/c1-46-29-24-20(8-9-21(39)31(24)54-33(29)45)23-26(37(41,42)43)30(52)25-28(27(23)40)49-35(53-16-36-11-3-13-51(36)15-18(38)14-36)50-34(25)48-22(10-7-17-5-6-17)19-4-2-12-47-32(19)44/h2,4,8-9,12,17-18,22,46,52H,3,5-7,10-11,13-16,45H2,1H3,(H2,44,47)(H,48,49,50)/t18-,22-,36+/m1/s1. The van der Waals surface area contributed by atoms with E-state index in [0.717, 1.165) is 49.2 Å². The number of thiophene rings is 1. The van der Waals surface area contributed by atoms with Crippen LogP contribution in [0.4, 0.5) is 48.7 Å². The molecule has 0 unspecified atom stereocenters. The Labute approximate surface area is 309 Å². The number of phenols is 1. The van der Waals surface area contributed by atoms with Gasteiger partial charge in [-0.05, 0) is 55.8 Å². The van der Waals surface area contributed by atoms with E-state index in [4.69, 9.17) is 16.2 Å². The van der Waals surface area contributed by atoms with E-state index in [-0.39, 0.29) is 57.5 Å². The average Bonchev–Trinajstić information content (AvgIpc) is 3.67. The largest absolute Gasteiger partial charge is 0.506 e. The third-order valence-electron chi connectivity index (χ3n) is 11.0. The predicted octanol–water partition coefficient (Wildman–Crippen LogP) is 8.41. The van der Waals surface area contributed by atoms with Gasteiger partial charge in [0.15, 0.2) is 5.82 Å². The lowest BCUT2D eigenvalue weighted by atomic mass is 9.92. The van der Waals surface area contributed by atoms with E-state index in [1.807, 2.05) is 4.90 Å². The van der Waals surface area contributed by atoms with Crippen LogP contribution in [0.5, 0.6) is 11.8 Å². The number of aromatic nitrogens is 3. The van der Waals surface area contributed by atoms with Crippen LogP contribution in [0.3, 0.4) is 0 Å². The highest BCUT2D eigenvalue weighted by atomic mass is 32.1. The summed E-state index contributed by atoms with van der Waals surface area (Å²) in [5.41, 5.74) is 8.57. The van der Waals surface area contributed by atoms with Crippen LogP contribution in [0.2, 0.25) is 0 Å². The molecule has 3 aromatic heterocycles. The Hall–Kier alpha value is -4.77. The fourth-order valence-electron chi connectivity index (χ4n) is 8.29. The van der Waals surface area contributed by atoms with Crippen LogP contribution in [0, 0.1) is 17.6 Å². The summed E-state index contributed by atoms with van der Waals surface area (Å²) >= 11 is 0.786. The maximum atomic E-state index is 17.3. The lowest BCUT2D eigenvalue weighted by Gasteiger charge is -2.31. The first-order valence-electron chi connectivity index (χ1n) is 17.8. The molecule has 5 aromatic rings. The number of nitrogens with one attached hydrogen (secondary N) is 2. The van der Waals surface area contributed by atoms with Gasteiger partial charge in [0.2, 0.25) is 0 Å². The number of phenolic OH excluding ortho intramolecular Hbond substituents is 1. The van der Waals surface area contributed by atoms with E-state index in [9.17, 15) is 9.50 Å². The number of alkyl halides is 4. The minimum atomic E-state index is -5.32. The molecule has 286 valence electrons. The maximum Gasteiger partial charge on any atom is 0.420 e. The van der Waals surface area contributed by atoms with E-state index in [2.05, 4.69) is 25.6 Å². The van der Waals surface area contributed by atoms with Crippen LogP contribution in [0.25, 0.3) is 32.1 Å². The molecule has 17 heteroatoms. The SMILES string of the molecule is CNc1c(N)sc2c(F)ccc(-c3c(C(F)(F)F)c(O)c4c(N[C@H](CCC5CC5)c5cccnc5N)nc(OC[C@@]56CCCN5C[C@H](F)C6)nc4c3F)c12. The smallest absolute Gasteiger partial charge is 0.420 e. The van der Waals surface area contributed by atoms with Crippen LogP contribution < -0.4 is 26.8 Å². The molecule has 0 radical (unpaired) electrons. The van der Waals surface area contributed by atoms with Crippen molar-refractivity contribution in [2.45, 2.75) is 68.9 Å². The molecule has 3 aliphatic rings. The Morgan fingerprint density at radius 3 is 2.67 bits per heavy atom. The topological polar surface area (TPSA) is 147 Å². The van der Waals surface area contributed by atoms with Crippen molar-refractivity contribution >= 4 is 54.7 Å². The summed E-state index contributed by atoms with van der Waals surface area (Å²) in [6.45, 7) is 0.854. The summed E-state index contributed by atoms with van der Waals surface area (Å²) in [7, 11) is 1.45. The van der Waals surface area contributed by atoms with E-state index >= 15 is 22.0 Å². The van der Waals surface area contributed by atoms with Crippen molar-refractivity contribution in [3.05, 3.63) is 53.2 Å². The predicted molar refractivity (Wildman–Crippen MR) is 196 cm³/mol. The molecule has 0 spiro atoms. The molecule has 5 heterocycles. The van der Waals surface area contributed by atoms with Crippen molar-refractivity contribution in [1.82, 2.24) is 19.9 Å². The molecule has 0 amide bonds. The molecule has 10 nitrogen and oxygen atoms in total. The number of hydrogen-bond donors (Lipinski definition) is 5. The van der Waals surface area contributed by atoms with Gasteiger partial charge in [-0.2, -0.15) is 23.1 Å². The van der Waals surface area contributed by atoms with Gasteiger partial charge in [-0.15, -0.1) is 11.3 Å². The van der Waals surface area contributed by atoms with Gasteiger partial charge in [-0.1, -0.05) is 25.0 Å². The van der Waals surface area contributed by atoms with E-state index in [0.29, 0.717) is 30.9 Å². The number of pyridine rings is 1. The molecule has 7 N–H and O–H groups in total. The zero-order chi connectivity index (χ0) is 38.1. The molecule has 3 atom stereocenters. The second-order valence-corrected chi connectivity index (χ2v) is 15.5. The quantitative estimate of drug-likeness (QED) is 0.0830. The van der Waals surface area contributed by atoms with Gasteiger partial charge < -0.3 is 31.9 Å². The molecule has 2 aromatic carbocycles. The summed E-state index contributed by atoms with van der Waals surface area (Å²) in [5.74, 6) is -3.27. The highest BCUT2D eigenvalue weighted by Gasteiger charge is 2.49. The highest BCUT2D eigenvalue weighted by molar-refractivity contribution is 7.23. The Bertz CT molecular complexity index is 2270. The first-order chi connectivity index (χ1) is 25.8. The van der Waals surface area contributed by atoms with E-state index < -0.39 is 69.4 Å². The first kappa shape index (κ1) is 36.2. The lowest BCUT2D eigenvalue weighted by molar-refractivity contribution is -0.138. The molecule has 1 aliphatic carbocycles. The van der Waals surface area contributed by atoms with Gasteiger partial charge in [-0.25, -0.2) is 18.2 Å². The normalized spacial score (nSPS) is 20.8. The number of rotatable bonds is 11. The number of nitrogen functional groups attached to an aromatic ring is 2. The molecule has 1 saturated carbocycles. The number of nitrogens with two attached hydrogens (primary N) is 2. The number of aromatic hydroxyl groups is 1. The summed E-state index contributed by atoms with van der Waals surface area (Å²) in [6, 6.07) is 4.27. The average molecular weight is 773 g/mol. The van der Waals surface area contributed by atoms with Crippen molar-refractivity contribution in [3.8, 4) is 22.9 Å². The molecule has 8 rings (SSSR count). The number of nitrogens with zero attached hydrogens (tertiary/aromatic N) is 4. The molecule has 2 aliphatic heterocycles. The minimum absolute atomic E-state index is 0.0571. The van der Waals surface area contributed by atoms with Gasteiger partial charge >= 0.3 is 12.2 Å². The second kappa shape index (κ2) is 13.5. The van der Waals surface area contributed by atoms with Crippen LogP contribution in [0.1, 0.15) is 62.1 Å². The van der Waals surface area contributed by atoms with Gasteiger partial charge in [0.05, 0.1) is 27.4 Å². The van der Waals surface area contributed by atoms with Gasteiger partial charge in [0.25, 0.3) is 0 Å². The van der Waals surface area contributed by atoms with Crippen molar-refractivity contribution < 1.29 is 36.2 Å². The monoisotopic (exact) mass is 772 g/mol. The molecular formula is C37H38F6N8O2S. The fraction of sp³-hybridized carbons (Fsp3) is 0.432. The van der Waals surface area contributed by atoms with Crippen molar-refractivity contribution in [3.63, 3.8) is 0 Å². The summed E-state index contributed by atoms with van der Waals surface area (Å²) in [5, 5.41) is 17.0. The number of anilines is 4. The number of fused-ring (bicyclic) bond motifs is 3. The van der Waals surface area contributed by atoms with Crippen molar-refractivity contribution in [1.29, 1.82) is 0 Å². The fourth-order valence-corrected chi connectivity index (χ4v) is 9.30.